The normalized spacial score (nSPS) is 16.1. The van der Waals surface area contributed by atoms with E-state index in [9.17, 15) is 9.59 Å². The lowest BCUT2D eigenvalue weighted by Gasteiger charge is -2.35. The summed E-state index contributed by atoms with van der Waals surface area (Å²) in [6.07, 6.45) is 4.08. The van der Waals surface area contributed by atoms with Crippen LogP contribution in [0.15, 0.2) is 36.4 Å². The Morgan fingerprint density at radius 1 is 1.19 bits per heavy atom. The number of aryl methyl sites for hydroxylation is 1. The molecule has 1 heterocycles. The van der Waals surface area contributed by atoms with E-state index in [1.165, 1.54) is 0 Å². The summed E-state index contributed by atoms with van der Waals surface area (Å²) in [5.74, 6) is -0.676. The van der Waals surface area contributed by atoms with Gasteiger partial charge in [-0.1, -0.05) is 37.5 Å². The summed E-state index contributed by atoms with van der Waals surface area (Å²) in [6, 6.07) is 11.4. The van der Waals surface area contributed by atoms with Gasteiger partial charge in [-0.2, -0.15) is 5.10 Å². The number of hydrogen-bond acceptors (Lipinski definition) is 4. The van der Waals surface area contributed by atoms with Crippen LogP contribution in [0.25, 0.3) is 5.69 Å². The van der Waals surface area contributed by atoms with Crippen LogP contribution in [0.4, 0.5) is 0 Å². The lowest BCUT2D eigenvalue weighted by atomic mass is 9.81. The zero-order chi connectivity index (χ0) is 18.6. The second-order valence-corrected chi connectivity index (χ2v) is 6.74. The number of nitrogens with one attached hydrogen (secondary N) is 1. The molecule has 0 aliphatic heterocycles. The molecule has 0 atom stereocenters. The molecule has 6 nitrogen and oxygen atoms in total. The molecule has 1 aromatic heterocycles. The maximum Gasteiger partial charge on any atom is 0.331 e. The third kappa shape index (κ3) is 3.64. The fourth-order valence-corrected chi connectivity index (χ4v) is 3.50. The van der Waals surface area contributed by atoms with E-state index >= 15 is 0 Å². The van der Waals surface area contributed by atoms with E-state index in [-0.39, 0.29) is 11.9 Å². The Morgan fingerprint density at radius 2 is 1.88 bits per heavy atom. The first kappa shape index (κ1) is 18.2. The maximum absolute atomic E-state index is 12.8. The van der Waals surface area contributed by atoms with Crippen LogP contribution in [0, 0.1) is 6.92 Å². The Bertz CT molecular complexity index is 777. The van der Waals surface area contributed by atoms with Crippen molar-refractivity contribution < 1.29 is 14.3 Å². The highest BCUT2D eigenvalue weighted by molar-refractivity contribution is 5.97. The summed E-state index contributed by atoms with van der Waals surface area (Å²) >= 11 is 0. The Hall–Kier alpha value is -2.63. The largest absolute Gasteiger partial charge is 0.464 e. The quantitative estimate of drug-likeness (QED) is 0.836. The molecule has 0 bridgehead atoms. The van der Waals surface area contributed by atoms with Gasteiger partial charge in [0.05, 0.1) is 12.3 Å². The van der Waals surface area contributed by atoms with Crippen molar-refractivity contribution in [2.75, 3.05) is 6.61 Å². The fourth-order valence-electron chi connectivity index (χ4n) is 3.50. The molecular formula is C20H25N3O3. The Morgan fingerprint density at radius 3 is 2.54 bits per heavy atom. The molecule has 1 aliphatic carbocycles. The lowest BCUT2D eigenvalue weighted by Crippen LogP contribution is -2.56. The molecule has 0 spiro atoms. The second kappa shape index (κ2) is 7.72. The number of amides is 1. The van der Waals surface area contributed by atoms with E-state index in [4.69, 9.17) is 4.74 Å². The predicted molar refractivity (Wildman–Crippen MR) is 98.2 cm³/mol. The number of aromatic nitrogens is 2. The van der Waals surface area contributed by atoms with Crippen LogP contribution in [0.3, 0.4) is 0 Å². The molecule has 26 heavy (non-hydrogen) atoms. The molecule has 1 fully saturated rings. The average Bonchev–Trinajstić information content (AvgIpc) is 3.05. The minimum atomic E-state index is -0.935. The maximum atomic E-state index is 12.8. The SMILES string of the molecule is CCOC(=O)C1(NC(=O)c2cc(C)n(-c3ccccc3)n2)CCCCC1. The number of hydrogen-bond donors (Lipinski definition) is 1. The van der Waals surface area contributed by atoms with Crippen LogP contribution in [0.5, 0.6) is 0 Å². The molecule has 6 heteroatoms. The lowest BCUT2D eigenvalue weighted by molar-refractivity contribution is -0.152. The van der Waals surface area contributed by atoms with Crippen molar-refractivity contribution >= 4 is 11.9 Å². The molecule has 1 aliphatic rings. The number of esters is 1. The van der Waals surface area contributed by atoms with Crippen molar-refractivity contribution in [1.29, 1.82) is 0 Å². The smallest absolute Gasteiger partial charge is 0.331 e. The molecule has 0 radical (unpaired) electrons. The van der Waals surface area contributed by atoms with Gasteiger partial charge in [-0.15, -0.1) is 0 Å². The average molecular weight is 355 g/mol. The van der Waals surface area contributed by atoms with Crippen molar-refractivity contribution in [3.63, 3.8) is 0 Å². The first-order valence-corrected chi connectivity index (χ1v) is 9.17. The van der Waals surface area contributed by atoms with Crippen molar-refractivity contribution in [1.82, 2.24) is 15.1 Å². The minimum absolute atomic E-state index is 0.304. The number of benzene rings is 1. The van der Waals surface area contributed by atoms with E-state index in [1.54, 1.807) is 17.7 Å². The summed E-state index contributed by atoms with van der Waals surface area (Å²) in [5, 5.41) is 7.37. The topological polar surface area (TPSA) is 73.2 Å². The number of rotatable bonds is 5. The molecule has 138 valence electrons. The van der Waals surface area contributed by atoms with Crippen molar-refractivity contribution in [2.24, 2.45) is 0 Å². The van der Waals surface area contributed by atoms with Gasteiger partial charge in [-0.05, 0) is 44.9 Å². The minimum Gasteiger partial charge on any atom is -0.464 e. The van der Waals surface area contributed by atoms with Crippen molar-refractivity contribution in [3.8, 4) is 5.69 Å². The number of para-hydroxylation sites is 1. The molecule has 1 saturated carbocycles. The summed E-state index contributed by atoms with van der Waals surface area (Å²) < 4.78 is 6.97. The van der Waals surface area contributed by atoms with Crippen molar-refractivity contribution in [3.05, 3.63) is 47.8 Å². The summed E-state index contributed by atoms with van der Waals surface area (Å²) in [5.41, 5.74) is 1.12. The van der Waals surface area contributed by atoms with E-state index in [1.807, 2.05) is 37.3 Å². The molecule has 2 aromatic rings. The van der Waals surface area contributed by atoms with E-state index in [0.717, 1.165) is 30.6 Å². The molecular weight excluding hydrogens is 330 g/mol. The Balaban J connectivity index is 1.83. The van der Waals surface area contributed by atoms with E-state index in [2.05, 4.69) is 10.4 Å². The van der Waals surface area contributed by atoms with Crippen LogP contribution in [0.2, 0.25) is 0 Å². The highest BCUT2D eigenvalue weighted by Gasteiger charge is 2.42. The summed E-state index contributed by atoms with van der Waals surface area (Å²) in [4.78, 5) is 25.3. The van der Waals surface area contributed by atoms with Gasteiger partial charge in [0.15, 0.2) is 5.69 Å². The van der Waals surface area contributed by atoms with Gasteiger partial charge in [0, 0.05) is 5.69 Å². The monoisotopic (exact) mass is 355 g/mol. The Kier molecular flexibility index (Phi) is 5.40. The van der Waals surface area contributed by atoms with Crippen molar-refractivity contribution in [2.45, 2.75) is 51.5 Å². The van der Waals surface area contributed by atoms with Gasteiger partial charge in [0.25, 0.3) is 5.91 Å². The highest BCUT2D eigenvalue weighted by Crippen LogP contribution is 2.30. The molecule has 1 aromatic carbocycles. The van der Waals surface area contributed by atoms with E-state index in [0.29, 0.717) is 25.1 Å². The molecule has 1 N–H and O–H groups in total. The highest BCUT2D eigenvalue weighted by atomic mass is 16.5. The number of ether oxygens (including phenoxy) is 1. The van der Waals surface area contributed by atoms with Gasteiger partial charge < -0.3 is 10.1 Å². The van der Waals surface area contributed by atoms with Crippen LogP contribution in [-0.4, -0.2) is 33.8 Å². The molecule has 0 unspecified atom stereocenters. The fraction of sp³-hybridized carbons (Fsp3) is 0.450. The van der Waals surface area contributed by atoms with Gasteiger partial charge in [0.1, 0.15) is 5.54 Å². The van der Waals surface area contributed by atoms with Crippen LogP contribution in [-0.2, 0) is 9.53 Å². The second-order valence-electron chi connectivity index (χ2n) is 6.74. The zero-order valence-electron chi connectivity index (χ0n) is 15.3. The first-order chi connectivity index (χ1) is 12.6. The third-order valence-electron chi connectivity index (χ3n) is 4.85. The van der Waals surface area contributed by atoms with Gasteiger partial charge >= 0.3 is 5.97 Å². The van der Waals surface area contributed by atoms with Gasteiger partial charge in [0.2, 0.25) is 0 Å². The standard InChI is InChI=1S/C20H25N3O3/c1-3-26-19(25)20(12-8-5-9-13-20)21-18(24)17-14-15(2)23(22-17)16-10-6-4-7-11-16/h4,6-7,10-11,14H,3,5,8-9,12-13H2,1-2H3,(H,21,24). The number of carbonyl (C=O) groups excluding carboxylic acids is 2. The molecule has 1 amide bonds. The predicted octanol–water partition coefficient (Wildman–Crippen LogP) is 3.18. The van der Waals surface area contributed by atoms with Crippen LogP contribution in [0.1, 0.15) is 55.2 Å². The van der Waals surface area contributed by atoms with Gasteiger partial charge in [-0.3, -0.25) is 4.79 Å². The van der Waals surface area contributed by atoms with Gasteiger partial charge in [-0.25, -0.2) is 9.48 Å². The Labute approximate surface area is 153 Å². The van der Waals surface area contributed by atoms with Crippen LogP contribution >= 0.6 is 0 Å². The van der Waals surface area contributed by atoms with Crippen LogP contribution < -0.4 is 5.32 Å². The zero-order valence-corrected chi connectivity index (χ0v) is 15.3. The first-order valence-electron chi connectivity index (χ1n) is 9.17. The summed E-state index contributed by atoms with van der Waals surface area (Å²) in [7, 11) is 0. The molecule has 3 rings (SSSR count). The summed E-state index contributed by atoms with van der Waals surface area (Å²) in [6.45, 7) is 3.98. The molecule has 0 saturated heterocycles. The third-order valence-corrected chi connectivity index (χ3v) is 4.85. The van der Waals surface area contributed by atoms with E-state index < -0.39 is 5.54 Å². The number of carbonyl (C=O) groups is 2. The number of nitrogens with zero attached hydrogens (tertiary/aromatic N) is 2.